The zero-order valence-corrected chi connectivity index (χ0v) is 10.9. The molecule has 104 valence electrons. The molecule has 0 saturated carbocycles. The number of benzene rings is 1. The molecule has 2 amide bonds. The van der Waals surface area contributed by atoms with Gasteiger partial charge in [-0.05, 0) is 24.6 Å². The molecule has 0 aromatic heterocycles. The standard InChI is InChI=1S/C13H17FN2O3/c1-9(8-19-2)16-13(18)12(17)15-7-10-3-5-11(14)6-4-10/h3-6,9H,7-8H2,1-2H3,(H,15,17)(H,16,18)/t9-/m1/s1. The van der Waals surface area contributed by atoms with E-state index in [1.54, 1.807) is 19.1 Å². The monoisotopic (exact) mass is 268 g/mol. The summed E-state index contributed by atoms with van der Waals surface area (Å²) in [5, 5.41) is 4.94. The predicted octanol–water partition coefficient (Wildman–Crippen LogP) is 0.593. The molecule has 6 heteroatoms. The number of nitrogens with one attached hydrogen (secondary N) is 2. The Morgan fingerprint density at radius 1 is 1.26 bits per heavy atom. The highest BCUT2D eigenvalue weighted by molar-refractivity contribution is 6.35. The van der Waals surface area contributed by atoms with Crippen molar-refractivity contribution in [3.05, 3.63) is 35.6 Å². The fraction of sp³-hybridized carbons (Fsp3) is 0.385. The second-order valence-electron chi connectivity index (χ2n) is 4.14. The molecule has 0 aliphatic heterocycles. The van der Waals surface area contributed by atoms with Crippen LogP contribution in [0, 0.1) is 5.82 Å². The van der Waals surface area contributed by atoms with Crippen molar-refractivity contribution in [3.63, 3.8) is 0 Å². The summed E-state index contributed by atoms with van der Waals surface area (Å²) in [6.45, 7) is 2.23. The quantitative estimate of drug-likeness (QED) is 0.768. The van der Waals surface area contributed by atoms with Gasteiger partial charge in [0.05, 0.1) is 6.61 Å². The summed E-state index contributed by atoms with van der Waals surface area (Å²) in [4.78, 5) is 22.9. The van der Waals surface area contributed by atoms with Crippen LogP contribution in [0.25, 0.3) is 0 Å². The third kappa shape index (κ3) is 5.48. The highest BCUT2D eigenvalue weighted by atomic mass is 19.1. The van der Waals surface area contributed by atoms with Crippen LogP contribution in [0.2, 0.25) is 0 Å². The number of methoxy groups -OCH3 is 1. The van der Waals surface area contributed by atoms with Gasteiger partial charge in [-0.3, -0.25) is 9.59 Å². The first-order valence-corrected chi connectivity index (χ1v) is 5.85. The topological polar surface area (TPSA) is 67.4 Å². The van der Waals surface area contributed by atoms with E-state index >= 15 is 0 Å². The van der Waals surface area contributed by atoms with E-state index in [1.165, 1.54) is 19.2 Å². The molecular weight excluding hydrogens is 251 g/mol. The Labute approximate surface area is 111 Å². The van der Waals surface area contributed by atoms with Crippen molar-refractivity contribution in [2.24, 2.45) is 0 Å². The first kappa shape index (κ1) is 15.1. The molecule has 0 bridgehead atoms. The Balaban J connectivity index is 2.38. The summed E-state index contributed by atoms with van der Waals surface area (Å²) in [5.74, 6) is -1.79. The molecule has 1 aromatic carbocycles. The Morgan fingerprint density at radius 2 is 1.89 bits per heavy atom. The minimum Gasteiger partial charge on any atom is -0.383 e. The number of rotatable bonds is 5. The highest BCUT2D eigenvalue weighted by Crippen LogP contribution is 2.01. The molecule has 0 aliphatic carbocycles. The molecule has 0 radical (unpaired) electrons. The number of hydrogen-bond acceptors (Lipinski definition) is 3. The van der Waals surface area contributed by atoms with Gasteiger partial charge in [0.25, 0.3) is 0 Å². The first-order valence-electron chi connectivity index (χ1n) is 5.85. The van der Waals surface area contributed by atoms with E-state index in [9.17, 15) is 14.0 Å². The van der Waals surface area contributed by atoms with Gasteiger partial charge in [-0.2, -0.15) is 0 Å². The van der Waals surface area contributed by atoms with Gasteiger partial charge in [0, 0.05) is 19.7 Å². The van der Waals surface area contributed by atoms with Crippen LogP contribution in [0.5, 0.6) is 0 Å². The molecule has 0 spiro atoms. The summed E-state index contributed by atoms with van der Waals surface area (Å²) in [7, 11) is 1.51. The van der Waals surface area contributed by atoms with Crippen molar-refractivity contribution in [3.8, 4) is 0 Å². The van der Waals surface area contributed by atoms with E-state index < -0.39 is 11.8 Å². The highest BCUT2D eigenvalue weighted by Gasteiger charge is 2.15. The van der Waals surface area contributed by atoms with Crippen LogP contribution in [0.4, 0.5) is 4.39 Å². The minimum atomic E-state index is -0.729. The van der Waals surface area contributed by atoms with Gasteiger partial charge in [-0.15, -0.1) is 0 Å². The lowest BCUT2D eigenvalue weighted by molar-refractivity contribution is -0.139. The van der Waals surface area contributed by atoms with E-state index in [-0.39, 0.29) is 18.4 Å². The number of halogens is 1. The molecule has 0 aliphatic rings. The molecule has 0 saturated heterocycles. The van der Waals surface area contributed by atoms with Crippen molar-refractivity contribution in [2.45, 2.75) is 19.5 Å². The van der Waals surface area contributed by atoms with Gasteiger partial charge in [-0.25, -0.2) is 4.39 Å². The second-order valence-corrected chi connectivity index (χ2v) is 4.14. The number of ether oxygens (including phenoxy) is 1. The Morgan fingerprint density at radius 3 is 2.47 bits per heavy atom. The third-order valence-corrected chi connectivity index (χ3v) is 2.37. The fourth-order valence-corrected chi connectivity index (χ4v) is 1.45. The maximum Gasteiger partial charge on any atom is 0.309 e. The van der Waals surface area contributed by atoms with Crippen molar-refractivity contribution in [1.82, 2.24) is 10.6 Å². The molecule has 2 N–H and O–H groups in total. The van der Waals surface area contributed by atoms with Crippen LogP contribution in [0.1, 0.15) is 12.5 Å². The van der Waals surface area contributed by atoms with Crippen LogP contribution in [0.15, 0.2) is 24.3 Å². The molecule has 0 unspecified atom stereocenters. The number of carbonyl (C=O) groups excluding carboxylic acids is 2. The largest absolute Gasteiger partial charge is 0.383 e. The van der Waals surface area contributed by atoms with E-state index in [0.717, 1.165) is 0 Å². The zero-order chi connectivity index (χ0) is 14.3. The normalized spacial score (nSPS) is 11.7. The Bertz CT molecular complexity index is 434. The van der Waals surface area contributed by atoms with Crippen molar-refractivity contribution in [2.75, 3.05) is 13.7 Å². The van der Waals surface area contributed by atoms with E-state index in [0.29, 0.717) is 12.2 Å². The maximum absolute atomic E-state index is 12.7. The lowest BCUT2D eigenvalue weighted by Gasteiger charge is -2.12. The van der Waals surface area contributed by atoms with Crippen LogP contribution < -0.4 is 10.6 Å². The molecule has 1 rings (SSSR count). The van der Waals surface area contributed by atoms with Crippen LogP contribution in [-0.2, 0) is 20.9 Å². The smallest absolute Gasteiger partial charge is 0.309 e. The number of carbonyl (C=O) groups is 2. The average molecular weight is 268 g/mol. The number of amides is 2. The molecule has 1 aromatic rings. The van der Waals surface area contributed by atoms with Gasteiger partial charge in [-0.1, -0.05) is 12.1 Å². The molecular formula is C13H17FN2O3. The summed E-state index contributed by atoms with van der Waals surface area (Å²) < 4.78 is 17.5. The van der Waals surface area contributed by atoms with Gasteiger partial charge in [0.1, 0.15) is 5.82 Å². The first-order chi connectivity index (χ1) is 9.02. The molecule has 0 heterocycles. The van der Waals surface area contributed by atoms with Crippen LogP contribution in [0.3, 0.4) is 0 Å². The predicted molar refractivity (Wildman–Crippen MR) is 67.7 cm³/mol. The molecule has 1 atom stereocenters. The lowest BCUT2D eigenvalue weighted by atomic mass is 10.2. The van der Waals surface area contributed by atoms with Gasteiger partial charge in [0.15, 0.2) is 0 Å². The molecule has 19 heavy (non-hydrogen) atoms. The molecule has 5 nitrogen and oxygen atoms in total. The van der Waals surface area contributed by atoms with Crippen molar-refractivity contribution >= 4 is 11.8 Å². The van der Waals surface area contributed by atoms with Crippen molar-refractivity contribution < 1.29 is 18.7 Å². The zero-order valence-electron chi connectivity index (χ0n) is 10.9. The third-order valence-electron chi connectivity index (χ3n) is 2.37. The Hall–Kier alpha value is -1.95. The second kappa shape index (κ2) is 7.48. The van der Waals surface area contributed by atoms with E-state index in [2.05, 4.69) is 10.6 Å². The van der Waals surface area contributed by atoms with Gasteiger partial charge >= 0.3 is 11.8 Å². The van der Waals surface area contributed by atoms with E-state index in [4.69, 9.17) is 4.74 Å². The Kier molecular flexibility index (Phi) is 5.95. The summed E-state index contributed by atoms with van der Waals surface area (Å²) in [6.07, 6.45) is 0. The van der Waals surface area contributed by atoms with E-state index in [1.807, 2.05) is 0 Å². The minimum absolute atomic E-state index is 0.172. The van der Waals surface area contributed by atoms with Gasteiger partial charge in [0.2, 0.25) is 0 Å². The van der Waals surface area contributed by atoms with Crippen LogP contribution in [-0.4, -0.2) is 31.6 Å². The summed E-state index contributed by atoms with van der Waals surface area (Å²) in [5.41, 5.74) is 0.715. The average Bonchev–Trinajstić information content (AvgIpc) is 2.37. The lowest BCUT2D eigenvalue weighted by Crippen LogP contribution is -2.44. The summed E-state index contributed by atoms with van der Waals surface area (Å²) >= 11 is 0. The summed E-state index contributed by atoms with van der Waals surface area (Å²) in [6, 6.07) is 5.43. The maximum atomic E-state index is 12.7. The van der Waals surface area contributed by atoms with Gasteiger partial charge < -0.3 is 15.4 Å². The SMILES string of the molecule is COC[C@@H](C)NC(=O)C(=O)NCc1ccc(F)cc1. The fourth-order valence-electron chi connectivity index (χ4n) is 1.45. The van der Waals surface area contributed by atoms with Crippen molar-refractivity contribution in [1.29, 1.82) is 0 Å². The molecule has 0 fully saturated rings. The van der Waals surface area contributed by atoms with Crippen LogP contribution >= 0.6 is 0 Å². The number of hydrogen-bond donors (Lipinski definition) is 2.